The van der Waals surface area contributed by atoms with Gasteiger partial charge in [0.1, 0.15) is 5.82 Å². The maximum atomic E-state index is 13.8. The molecule has 1 fully saturated rings. The molecule has 3 nitrogen and oxygen atoms in total. The molecule has 16 heavy (non-hydrogen) atoms. The van der Waals surface area contributed by atoms with Gasteiger partial charge in [-0.3, -0.25) is 0 Å². The van der Waals surface area contributed by atoms with Crippen LogP contribution in [0.1, 0.15) is 25.3 Å². The van der Waals surface area contributed by atoms with Gasteiger partial charge >= 0.3 is 0 Å². The summed E-state index contributed by atoms with van der Waals surface area (Å²) in [6.45, 7) is 1.88. The second-order valence-electron chi connectivity index (χ2n) is 4.45. The average Bonchev–Trinajstić information content (AvgIpc) is 2.99. The highest BCUT2D eigenvalue weighted by Gasteiger charge is 2.49. The van der Waals surface area contributed by atoms with Crippen molar-refractivity contribution in [3.05, 3.63) is 23.5 Å². The van der Waals surface area contributed by atoms with Gasteiger partial charge in [-0.1, -0.05) is 0 Å². The number of rotatable bonds is 3. The fourth-order valence-corrected chi connectivity index (χ4v) is 2.19. The zero-order chi connectivity index (χ0) is 11.9. The minimum absolute atomic E-state index is 0.101. The third-order valence-corrected chi connectivity index (χ3v) is 3.47. The lowest BCUT2D eigenvalue weighted by Crippen LogP contribution is -2.32. The predicted molar refractivity (Wildman–Crippen MR) is 59.2 cm³/mol. The Morgan fingerprint density at radius 3 is 2.56 bits per heavy atom. The Morgan fingerprint density at radius 2 is 2.12 bits per heavy atom. The highest BCUT2D eigenvalue weighted by molar-refractivity contribution is 5.47. The van der Waals surface area contributed by atoms with Crippen molar-refractivity contribution in [3.63, 3.8) is 0 Å². The standard InChI is InChI=1S/C12H16FNO2/c1-7(14)12(3-4-12)8-5-11(16-2)10(15)6-9(8)13/h5-7,15H,3-4,14H2,1-2H3. The van der Waals surface area contributed by atoms with E-state index in [0.717, 1.165) is 18.9 Å². The van der Waals surface area contributed by atoms with Crippen LogP contribution in [-0.2, 0) is 5.41 Å². The van der Waals surface area contributed by atoms with E-state index >= 15 is 0 Å². The second-order valence-corrected chi connectivity index (χ2v) is 4.45. The first-order valence-electron chi connectivity index (χ1n) is 5.34. The van der Waals surface area contributed by atoms with Crippen LogP contribution in [0.5, 0.6) is 11.5 Å². The Balaban J connectivity index is 2.49. The van der Waals surface area contributed by atoms with Gasteiger partial charge in [0, 0.05) is 17.5 Å². The molecule has 0 bridgehead atoms. The molecule has 0 radical (unpaired) electrons. The van der Waals surface area contributed by atoms with Crippen LogP contribution in [0.25, 0.3) is 0 Å². The van der Waals surface area contributed by atoms with Crippen LogP contribution < -0.4 is 10.5 Å². The van der Waals surface area contributed by atoms with Crippen molar-refractivity contribution in [1.82, 2.24) is 0 Å². The van der Waals surface area contributed by atoms with Crippen molar-refractivity contribution >= 4 is 0 Å². The van der Waals surface area contributed by atoms with E-state index in [0.29, 0.717) is 11.3 Å². The van der Waals surface area contributed by atoms with E-state index in [1.807, 2.05) is 6.92 Å². The fraction of sp³-hybridized carbons (Fsp3) is 0.500. The molecule has 0 spiro atoms. The van der Waals surface area contributed by atoms with Gasteiger partial charge in [0.15, 0.2) is 11.5 Å². The molecule has 0 aliphatic heterocycles. The number of hydrogen-bond donors (Lipinski definition) is 2. The summed E-state index contributed by atoms with van der Waals surface area (Å²) in [5, 5.41) is 9.44. The monoisotopic (exact) mass is 225 g/mol. The Kier molecular flexibility index (Phi) is 2.54. The number of hydrogen-bond acceptors (Lipinski definition) is 3. The summed E-state index contributed by atoms with van der Waals surface area (Å²) < 4.78 is 18.8. The highest BCUT2D eigenvalue weighted by Crippen LogP contribution is 2.52. The molecule has 0 amide bonds. The number of nitrogens with two attached hydrogens (primary N) is 1. The summed E-state index contributed by atoms with van der Waals surface area (Å²) in [5.74, 6) is -0.291. The van der Waals surface area contributed by atoms with Crippen molar-refractivity contribution < 1.29 is 14.2 Å². The second kappa shape index (κ2) is 3.63. The molecule has 0 aromatic heterocycles. The van der Waals surface area contributed by atoms with Gasteiger partial charge in [0.05, 0.1) is 7.11 Å². The molecular formula is C12H16FNO2. The molecule has 1 atom stereocenters. The zero-order valence-corrected chi connectivity index (χ0v) is 9.46. The first-order chi connectivity index (χ1) is 7.51. The fourth-order valence-electron chi connectivity index (χ4n) is 2.19. The molecule has 0 saturated heterocycles. The van der Waals surface area contributed by atoms with Crippen LogP contribution in [0.15, 0.2) is 12.1 Å². The van der Waals surface area contributed by atoms with Crippen molar-refractivity contribution in [2.75, 3.05) is 7.11 Å². The molecule has 1 unspecified atom stereocenters. The Hall–Kier alpha value is -1.29. The summed E-state index contributed by atoms with van der Waals surface area (Å²) in [7, 11) is 1.45. The summed E-state index contributed by atoms with van der Waals surface area (Å²) >= 11 is 0. The first kappa shape index (κ1) is 11.2. The Labute approximate surface area is 94.0 Å². The largest absolute Gasteiger partial charge is 0.504 e. The van der Waals surface area contributed by atoms with Crippen LogP contribution in [0.2, 0.25) is 0 Å². The van der Waals surface area contributed by atoms with E-state index in [1.54, 1.807) is 6.07 Å². The predicted octanol–water partition coefficient (Wildman–Crippen LogP) is 1.92. The van der Waals surface area contributed by atoms with E-state index in [4.69, 9.17) is 10.5 Å². The van der Waals surface area contributed by atoms with Crippen LogP contribution in [-0.4, -0.2) is 18.3 Å². The molecule has 2 rings (SSSR count). The lowest BCUT2D eigenvalue weighted by Gasteiger charge is -2.21. The van der Waals surface area contributed by atoms with Crippen LogP contribution in [0.3, 0.4) is 0 Å². The smallest absolute Gasteiger partial charge is 0.160 e. The maximum Gasteiger partial charge on any atom is 0.160 e. The molecule has 1 saturated carbocycles. The summed E-state index contributed by atoms with van der Waals surface area (Å²) in [5.41, 5.74) is 6.17. The molecule has 4 heteroatoms. The van der Waals surface area contributed by atoms with Crippen molar-refractivity contribution in [3.8, 4) is 11.5 Å². The first-order valence-corrected chi connectivity index (χ1v) is 5.34. The number of aromatic hydroxyl groups is 1. The molecule has 3 N–H and O–H groups in total. The number of methoxy groups -OCH3 is 1. The lowest BCUT2D eigenvalue weighted by molar-refractivity contribution is 0.367. The van der Waals surface area contributed by atoms with Crippen LogP contribution >= 0.6 is 0 Å². The van der Waals surface area contributed by atoms with Crippen LogP contribution in [0, 0.1) is 5.82 Å². The van der Waals surface area contributed by atoms with Crippen molar-refractivity contribution in [2.24, 2.45) is 5.73 Å². The van der Waals surface area contributed by atoms with Crippen molar-refractivity contribution in [2.45, 2.75) is 31.2 Å². The summed E-state index contributed by atoms with van der Waals surface area (Å²) in [4.78, 5) is 0. The SMILES string of the molecule is COc1cc(C2(C(C)N)CC2)c(F)cc1O. The van der Waals surface area contributed by atoms with Gasteiger partial charge in [0.25, 0.3) is 0 Å². The minimum Gasteiger partial charge on any atom is -0.504 e. The summed E-state index contributed by atoms with van der Waals surface area (Å²) in [6, 6.07) is 2.55. The van der Waals surface area contributed by atoms with E-state index in [2.05, 4.69) is 0 Å². The van der Waals surface area contributed by atoms with Gasteiger partial charge in [-0.15, -0.1) is 0 Å². The summed E-state index contributed by atoms with van der Waals surface area (Å²) in [6.07, 6.45) is 1.77. The van der Waals surface area contributed by atoms with Gasteiger partial charge in [-0.05, 0) is 31.4 Å². The van der Waals surface area contributed by atoms with E-state index in [1.165, 1.54) is 7.11 Å². The van der Waals surface area contributed by atoms with Gasteiger partial charge in [0.2, 0.25) is 0 Å². The number of halogens is 1. The Bertz CT molecular complexity index is 414. The van der Waals surface area contributed by atoms with Crippen LogP contribution in [0.4, 0.5) is 4.39 Å². The lowest BCUT2D eigenvalue weighted by atomic mass is 9.89. The third kappa shape index (κ3) is 1.53. The third-order valence-electron chi connectivity index (χ3n) is 3.47. The molecule has 88 valence electrons. The van der Waals surface area contributed by atoms with E-state index in [9.17, 15) is 9.50 Å². The number of ether oxygens (including phenoxy) is 1. The Morgan fingerprint density at radius 1 is 1.50 bits per heavy atom. The van der Waals surface area contributed by atoms with Gasteiger partial charge < -0.3 is 15.6 Å². The number of phenolic OH excluding ortho intramolecular Hbond substituents is 1. The van der Waals surface area contributed by atoms with Gasteiger partial charge in [-0.25, -0.2) is 4.39 Å². The van der Waals surface area contributed by atoms with Gasteiger partial charge in [-0.2, -0.15) is 0 Å². The average molecular weight is 225 g/mol. The molecule has 1 aliphatic carbocycles. The highest BCUT2D eigenvalue weighted by atomic mass is 19.1. The number of benzene rings is 1. The molecular weight excluding hydrogens is 209 g/mol. The minimum atomic E-state index is -0.409. The maximum absolute atomic E-state index is 13.8. The quantitative estimate of drug-likeness (QED) is 0.826. The molecule has 1 aliphatic rings. The normalized spacial score (nSPS) is 19.2. The van der Waals surface area contributed by atoms with E-state index in [-0.39, 0.29) is 17.2 Å². The topological polar surface area (TPSA) is 55.5 Å². The van der Waals surface area contributed by atoms with Crippen molar-refractivity contribution in [1.29, 1.82) is 0 Å². The molecule has 1 aromatic carbocycles. The zero-order valence-electron chi connectivity index (χ0n) is 9.46. The molecule has 1 aromatic rings. The number of phenols is 1. The van der Waals surface area contributed by atoms with E-state index < -0.39 is 5.82 Å². The molecule has 0 heterocycles.